The van der Waals surface area contributed by atoms with Gasteiger partial charge in [0.05, 0.1) is 30.0 Å². The van der Waals surface area contributed by atoms with Crippen molar-refractivity contribution in [2.75, 3.05) is 0 Å². The molecule has 2 aromatic heterocycles. The van der Waals surface area contributed by atoms with Crippen LogP contribution in [0.1, 0.15) is 30.6 Å². The Morgan fingerprint density at radius 2 is 2.40 bits per heavy atom. The quantitative estimate of drug-likeness (QED) is 0.793. The van der Waals surface area contributed by atoms with E-state index in [1.54, 1.807) is 10.9 Å². The van der Waals surface area contributed by atoms with Gasteiger partial charge in [0.1, 0.15) is 11.3 Å². The summed E-state index contributed by atoms with van der Waals surface area (Å²) in [5.74, 6) is -0.383. The maximum absolute atomic E-state index is 12.1. The maximum Gasteiger partial charge on any atom is 0.342 e. The van der Waals surface area contributed by atoms with Crippen LogP contribution in [0.2, 0.25) is 0 Å². The van der Waals surface area contributed by atoms with Crippen LogP contribution in [0.5, 0.6) is 0 Å². The molecule has 0 spiro atoms. The summed E-state index contributed by atoms with van der Waals surface area (Å²) in [5.41, 5.74) is 1.06. The number of ether oxygens (including phenoxy) is 1. The topological polar surface area (TPSA) is 67.9 Å². The molecular formula is C14H15N3O2S. The molecule has 20 heavy (non-hydrogen) atoms. The fraction of sp³-hybridized carbons (Fsp3) is 0.357. The van der Waals surface area contributed by atoms with Crippen LogP contribution >= 0.6 is 11.3 Å². The number of rotatable bonds is 5. The van der Waals surface area contributed by atoms with Crippen molar-refractivity contribution in [1.82, 2.24) is 9.78 Å². The molecule has 0 fully saturated rings. The molecule has 5 nitrogen and oxygen atoms in total. The predicted octanol–water partition coefficient (Wildman–Crippen LogP) is 3.09. The summed E-state index contributed by atoms with van der Waals surface area (Å²) in [6.45, 7) is 4.08. The normalized spacial score (nSPS) is 10.5. The van der Waals surface area contributed by atoms with Crippen molar-refractivity contribution in [3.05, 3.63) is 29.3 Å². The van der Waals surface area contributed by atoms with Gasteiger partial charge in [-0.2, -0.15) is 10.4 Å². The fourth-order valence-corrected chi connectivity index (χ4v) is 2.45. The third kappa shape index (κ3) is 3.25. The molecule has 0 saturated carbocycles. The molecule has 0 aliphatic rings. The standard InChI is InChI=1S/C14H15N3O2S/c1-10(2)19-14(18)11-9-17(7-4-6-15)16-13(11)12-5-3-8-20-12/h3,5,8-10H,4,7H2,1-2H3. The van der Waals surface area contributed by atoms with E-state index in [-0.39, 0.29) is 12.1 Å². The summed E-state index contributed by atoms with van der Waals surface area (Å²) >= 11 is 1.52. The Morgan fingerprint density at radius 3 is 3.00 bits per heavy atom. The number of carbonyl (C=O) groups excluding carboxylic acids is 1. The Hall–Kier alpha value is -2.13. The van der Waals surface area contributed by atoms with Gasteiger partial charge in [-0.05, 0) is 25.3 Å². The molecule has 0 aromatic carbocycles. The number of esters is 1. The number of nitriles is 1. The summed E-state index contributed by atoms with van der Waals surface area (Å²) in [7, 11) is 0. The monoisotopic (exact) mass is 289 g/mol. The Morgan fingerprint density at radius 1 is 1.60 bits per heavy atom. The van der Waals surface area contributed by atoms with Crippen molar-refractivity contribution in [3.63, 3.8) is 0 Å². The lowest BCUT2D eigenvalue weighted by atomic mass is 10.2. The Balaban J connectivity index is 2.35. The first-order valence-corrected chi connectivity index (χ1v) is 7.19. The van der Waals surface area contributed by atoms with E-state index < -0.39 is 0 Å². The molecule has 104 valence electrons. The van der Waals surface area contributed by atoms with Gasteiger partial charge in [0.25, 0.3) is 0 Å². The summed E-state index contributed by atoms with van der Waals surface area (Å²) in [4.78, 5) is 13.0. The molecule has 0 saturated heterocycles. The molecule has 0 aliphatic heterocycles. The minimum atomic E-state index is -0.383. The van der Waals surface area contributed by atoms with Crippen LogP contribution in [-0.2, 0) is 11.3 Å². The zero-order valence-corrected chi connectivity index (χ0v) is 12.2. The number of carbonyl (C=O) groups is 1. The average molecular weight is 289 g/mol. The Labute approximate surface area is 121 Å². The minimum Gasteiger partial charge on any atom is -0.459 e. The van der Waals surface area contributed by atoms with Gasteiger partial charge < -0.3 is 4.74 Å². The maximum atomic E-state index is 12.1. The smallest absolute Gasteiger partial charge is 0.342 e. The first kappa shape index (κ1) is 14.3. The highest BCUT2D eigenvalue weighted by Crippen LogP contribution is 2.27. The van der Waals surface area contributed by atoms with Crippen molar-refractivity contribution in [2.45, 2.75) is 32.9 Å². The summed E-state index contributed by atoms with van der Waals surface area (Å²) < 4.78 is 6.86. The van der Waals surface area contributed by atoms with E-state index >= 15 is 0 Å². The molecule has 0 radical (unpaired) electrons. The third-order valence-electron chi connectivity index (χ3n) is 2.53. The van der Waals surface area contributed by atoms with Gasteiger partial charge in [-0.3, -0.25) is 4.68 Å². The van der Waals surface area contributed by atoms with Crippen LogP contribution in [0.25, 0.3) is 10.6 Å². The lowest BCUT2D eigenvalue weighted by molar-refractivity contribution is 0.0379. The molecule has 0 aliphatic carbocycles. The van der Waals surface area contributed by atoms with Crippen molar-refractivity contribution < 1.29 is 9.53 Å². The Kier molecular flexibility index (Phi) is 4.53. The van der Waals surface area contributed by atoms with Gasteiger partial charge in [-0.15, -0.1) is 11.3 Å². The van der Waals surface area contributed by atoms with Crippen LogP contribution in [0.4, 0.5) is 0 Å². The van der Waals surface area contributed by atoms with E-state index in [9.17, 15) is 4.79 Å². The first-order chi connectivity index (χ1) is 9.61. The molecule has 2 heterocycles. The largest absolute Gasteiger partial charge is 0.459 e. The zero-order chi connectivity index (χ0) is 14.5. The number of hydrogen-bond acceptors (Lipinski definition) is 5. The number of aromatic nitrogens is 2. The second kappa shape index (κ2) is 6.35. The SMILES string of the molecule is CC(C)OC(=O)c1cn(CCC#N)nc1-c1cccs1. The lowest BCUT2D eigenvalue weighted by Crippen LogP contribution is -2.11. The van der Waals surface area contributed by atoms with Crippen LogP contribution in [0.15, 0.2) is 23.7 Å². The highest BCUT2D eigenvalue weighted by atomic mass is 32.1. The summed E-state index contributed by atoms with van der Waals surface area (Å²) in [6, 6.07) is 5.89. The number of aryl methyl sites for hydroxylation is 1. The molecule has 2 aromatic rings. The van der Waals surface area contributed by atoms with E-state index in [0.29, 0.717) is 24.2 Å². The van der Waals surface area contributed by atoms with Crippen molar-refractivity contribution in [1.29, 1.82) is 5.26 Å². The number of hydrogen-bond donors (Lipinski definition) is 0. The fourth-order valence-electron chi connectivity index (χ4n) is 1.72. The van der Waals surface area contributed by atoms with Gasteiger partial charge >= 0.3 is 5.97 Å². The van der Waals surface area contributed by atoms with Crippen molar-refractivity contribution in [2.24, 2.45) is 0 Å². The molecule has 0 bridgehead atoms. The van der Waals surface area contributed by atoms with E-state index in [1.807, 2.05) is 31.4 Å². The van der Waals surface area contributed by atoms with E-state index in [1.165, 1.54) is 11.3 Å². The molecule has 6 heteroatoms. The van der Waals surface area contributed by atoms with Gasteiger partial charge in [-0.1, -0.05) is 6.07 Å². The van der Waals surface area contributed by atoms with Gasteiger partial charge in [0, 0.05) is 6.20 Å². The van der Waals surface area contributed by atoms with Gasteiger partial charge in [0.2, 0.25) is 0 Å². The van der Waals surface area contributed by atoms with Crippen molar-refractivity contribution in [3.8, 4) is 16.6 Å². The molecule has 0 amide bonds. The molecule has 0 N–H and O–H groups in total. The minimum absolute atomic E-state index is 0.179. The molecule has 0 atom stereocenters. The van der Waals surface area contributed by atoms with Gasteiger partial charge in [0.15, 0.2) is 0 Å². The summed E-state index contributed by atoms with van der Waals surface area (Å²) in [5, 5.41) is 15.0. The van der Waals surface area contributed by atoms with Crippen LogP contribution in [0.3, 0.4) is 0 Å². The predicted molar refractivity (Wildman–Crippen MR) is 76.3 cm³/mol. The second-order valence-electron chi connectivity index (χ2n) is 4.49. The third-order valence-corrected chi connectivity index (χ3v) is 3.41. The van der Waals surface area contributed by atoms with E-state index in [4.69, 9.17) is 10.00 Å². The summed E-state index contributed by atoms with van der Waals surface area (Å²) in [6.07, 6.45) is 1.82. The second-order valence-corrected chi connectivity index (χ2v) is 5.44. The highest BCUT2D eigenvalue weighted by Gasteiger charge is 2.20. The van der Waals surface area contributed by atoms with Crippen molar-refractivity contribution >= 4 is 17.3 Å². The number of thiophene rings is 1. The molecule has 2 rings (SSSR count). The zero-order valence-electron chi connectivity index (χ0n) is 11.4. The highest BCUT2D eigenvalue weighted by molar-refractivity contribution is 7.13. The van der Waals surface area contributed by atoms with E-state index in [0.717, 1.165) is 4.88 Å². The number of nitrogens with zero attached hydrogens (tertiary/aromatic N) is 3. The average Bonchev–Trinajstić information content (AvgIpc) is 3.04. The molecule has 0 unspecified atom stereocenters. The lowest BCUT2D eigenvalue weighted by Gasteiger charge is -2.06. The Bertz CT molecular complexity index is 623. The first-order valence-electron chi connectivity index (χ1n) is 6.31. The molecular weight excluding hydrogens is 274 g/mol. The van der Waals surface area contributed by atoms with Gasteiger partial charge in [-0.25, -0.2) is 4.79 Å². The van der Waals surface area contributed by atoms with Crippen LogP contribution in [0, 0.1) is 11.3 Å². The van der Waals surface area contributed by atoms with Crippen LogP contribution in [-0.4, -0.2) is 21.9 Å². The van der Waals surface area contributed by atoms with Crippen LogP contribution < -0.4 is 0 Å². The van der Waals surface area contributed by atoms with E-state index in [2.05, 4.69) is 11.2 Å².